The standard InChI is InChI=1S/C23H49N7O3/c1-19(31)21(22(33)28-17-11-10-15-27-16-12-14-24)30-20(32)13-8-6-4-2-3-5-7-9-18-29-23(25)26/h19,21,27,31H,2-18,24H2,1H3,(H,28,33)(H,30,32)(H4,25,26,29)/t19-,21?/m1/s1. The number of aliphatic hydroxyl groups is 1. The van der Waals surface area contributed by atoms with Gasteiger partial charge in [-0.05, 0) is 58.7 Å². The fourth-order valence-corrected chi connectivity index (χ4v) is 3.39. The second-order valence-electron chi connectivity index (χ2n) is 8.60. The fourth-order valence-electron chi connectivity index (χ4n) is 3.39. The van der Waals surface area contributed by atoms with Crippen molar-refractivity contribution in [3.05, 3.63) is 0 Å². The molecule has 0 heterocycles. The summed E-state index contributed by atoms with van der Waals surface area (Å²) in [5.74, 6) is -0.511. The first-order chi connectivity index (χ1) is 15.9. The summed E-state index contributed by atoms with van der Waals surface area (Å²) in [6.45, 7) is 5.25. The number of carbonyl (C=O) groups is 2. The molecule has 0 aliphatic rings. The minimum atomic E-state index is -0.947. The molecule has 0 fully saturated rings. The van der Waals surface area contributed by atoms with Gasteiger partial charge in [-0.15, -0.1) is 0 Å². The van der Waals surface area contributed by atoms with Gasteiger partial charge in [-0.25, -0.2) is 0 Å². The largest absolute Gasteiger partial charge is 0.391 e. The summed E-state index contributed by atoms with van der Waals surface area (Å²) in [5.41, 5.74) is 10.7. The van der Waals surface area contributed by atoms with Crippen molar-refractivity contribution in [1.82, 2.24) is 21.3 Å². The van der Waals surface area contributed by atoms with Crippen LogP contribution < -0.4 is 32.7 Å². The SMILES string of the molecule is C[C@@H](O)C(NC(=O)CCCCCCCCCCNC(=N)N)C(=O)NCCCCNCCCN. The molecule has 0 saturated heterocycles. The first-order valence-electron chi connectivity index (χ1n) is 12.6. The smallest absolute Gasteiger partial charge is 0.245 e. The molecule has 0 aromatic rings. The van der Waals surface area contributed by atoms with E-state index in [2.05, 4.69) is 21.3 Å². The molecule has 0 rings (SSSR count). The van der Waals surface area contributed by atoms with Gasteiger partial charge in [0.2, 0.25) is 11.8 Å². The third kappa shape index (κ3) is 20.4. The van der Waals surface area contributed by atoms with Gasteiger partial charge in [-0.2, -0.15) is 0 Å². The van der Waals surface area contributed by atoms with Crippen LogP contribution in [0.2, 0.25) is 0 Å². The van der Waals surface area contributed by atoms with E-state index < -0.39 is 12.1 Å². The highest BCUT2D eigenvalue weighted by Crippen LogP contribution is 2.09. The Morgan fingerprint density at radius 3 is 1.94 bits per heavy atom. The Labute approximate surface area is 199 Å². The molecule has 10 heteroatoms. The van der Waals surface area contributed by atoms with Crippen molar-refractivity contribution in [3.8, 4) is 0 Å². The average Bonchev–Trinajstić information content (AvgIpc) is 2.77. The lowest BCUT2D eigenvalue weighted by Gasteiger charge is -2.21. The molecule has 0 saturated carbocycles. The van der Waals surface area contributed by atoms with Gasteiger partial charge in [0.1, 0.15) is 6.04 Å². The quantitative estimate of drug-likeness (QED) is 0.0649. The summed E-state index contributed by atoms with van der Waals surface area (Å²) >= 11 is 0. The topological polar surface area (TPSA) is 178 Å². The molecule has 0 aromatic heterocycles. The fraction of sp³-hybridized carbons (Fsp3) is 0.870. The molecule has 2 atom stereocenters. The molecule has 2 amide bonds. The van der Waals surface area contributed by atoms with Crippen LogP contribution in [0.1, 0.15) is 84.0 Å². The van der Waals surface area contributed by atoms with Gasteiger partial charge in [0, 0.05) is 19.5 Å². The Morgan fingerprint density at radius 2 is 1.33 bits per heavy atom. The lowest BCUT2D eigenvalue weighted by atomic mass is 10.1. The number of rotatable bonds is 22. The number of nitrogens with one attached hydrogen (secondary N) is 5. The molecule has 10 N–H and O–H groups in total. The monoisotopic (exact) mass is 471 g/mol. The normalized spacial score (nSPS) is 12.7. The van der Waals surface area contributed by atoms with E-state index in [0.29, 0.717) is 19.5 Å². The van der Waals surface area contributed by atoms with E-state index >= 15 is 0 Å². The van der Waals surface area contributed by atoms with E-state index in [1.807, 2.05) is 0 Å². The van der Waals surface area contributed by atoms with Crippen LogP contribution >= 0.6 is 0 Å². The number of amides is 2. The second-order valence-corrected chi connectivity index (χ2v) is 8.60. The Balaban J connectivity index is 3.78. The summed E-state index contributed by atoms with van der Waals surface area (Å²) in [6, 6.07) is -0.919. The van der Waals surface area contributed by atoms with Crippen LogP contribution in [0.5, 0.6) is 0 Å². The maximum atomic E-state index is 12.3. The van der Waals surface area contributed by atoms with Crippen LogP contribution in [0.3, 0.4) is 0 Å². The van der Waals surface area contributed by atoms with Crippen molar-refractivity contribution >= 4 is 17.8 Å². The molecule has 0 aliphatic heterocycles. The Kier molecular flexibility index (Phi) is 20.6. The molecule has 10 nitrogen and oxygen atoms in total. The molecule has 0 bridgehead atoms. The first-order valence-corrected chi connectivity index (χ1v) is 12.6. The Morgan fingerprint density at radius 1 is 0.818 bits per heavy atom. The maximum absolute atomic E-state index is 12.3. The molecule has 0 spiro atoms. The van der Waals surface area contributed by atoms with E-state index in [1.54, 1.807) is 0 Å². The highest BCUT2D eigenvalue weighted by Gasteiger charge is 2.24. The highest BCUT2D eigenvalue weighted by atomic mass is 16.3. The van der Waals surface area contributed by atoms with Crippen LogP contribution in [0.15, 0.2) is 0 Å². The van der Waals surface area contributed by atoms with Crippen molar-refractivity contribution in [3.63, 3.8) is 0 Å². The zero-order valence-electron chi connectivity index (χ0n) is 20.6. The van der Waals surface area contributed by atoms with Crippen molar-refractivity contribution in [2.75, 3.05) is 32.7 Å². The maximum Gasteiger partial charge on any atom is 0.245 e. The second kappa shape index (κ2) is 21.9. The Hall–Kier alpha value is -1.91. The highest BCUT2D eigenvalue weighted by molar-refractivity contribution is 5.88. The molecule has 0 aromatic carbocycles. The number of carbonyl (C=O) groups excluding carboxylic acids is 2. The van der Waals surface area contributed by atoms with E-state index in [1.165, 1.54) is 13.3 Å². The third-order valence-electron chi connectivity index (χ3n) is 5.36. The van der Waals surface area contributed by atoms with Crippen molar-refractivity contribution in [2.24, 2.45) is 11.5 Å². The molecular weight excluding hydrogens is 422 g/mol. The first kappa shape index (κ1) is 31.1. The molecule has 194 valence electrons. The van der Waals surface area contributed by atoms with Gasteiger partial charge < -0.3 is 37.8 Å². The number of hydrogen-bond acceptors (Lipinski definition) is 6. The van der Waals surface area contributed by atoms with Crippen molar-refractivity contribution in [2.45, 2.75) is 96.1 Å². The average molecular weight is 472 g/mol. The lowest BCUT2D eigenvalue weighted by molar-refractivity contribution is -0.131. The number of guanidine groups is 1. The molecular formula is C23H49N7O3. The van der Waals surface area contributed by atoms with Gasteiger partial charge in [-0.1, -0.05) is 38.5 Å². The van der Waals surface area contributed by atoms with Gasteiger partial charge >= 0.3 is 0 Å². The van der Waals surface area contributed by atoms with Gasteiger partial charge in [-0.3, -0.25) is 15.0 Å². The van der Waals surface area contributed by atoms with Crippen LogP contribution in [0.4, 0.5) is 0 Å². The van der Waals surface area contributed by atoms with E-state index in [0.717, 1.165) is 83.8 Å². The predicted octanol–water partition coefficient (Wildman–Crippen LogP) is 0.681. The van der Waals surface area contributed by atoms with Crippen LogP contribution in [-0.4, -0.2) is 67.8 Å². The summed E-state index contributed by atoms with van der Waals surface area (Å²) in [4.78, 5) is 24.5. The van der Waals surface area contributed by atoms with E-state index in [-0.39, 0.29) is 17.8 Å². The lowest BCUT2D eigenvalue weighted by Crippen LogP contribution is -2.52. The van der Waals surface area contributed by atoms with Gasteiger partial charge in [0.25, 0.3) is 0 Å². The van der Waals surface area contributed by atoms with Crippen LogP contribution in [0.25, 0.3) is 0 Å². The zero-order chi connectivity index (χ0) is 24.7. The van der Waals surface area contributed by atoms with Gasteiger partial charge in [0.15, 0.2) is 5.96 Å². The minimum Gasteiger partial charge on any atom is -0.391 e. The molecule has 33 heavy (non-hydrogen) atoms. The number of hydrogen-bond donors (Lipinski definition) is 8. The zero-order valence-corrected chi connectivity index (χ0v) is 20.6. The summed E-state index contributed by atoms with van der Waals surface area (Å²) in [6.07, 6.45) is 10.6. The van der Waals surface area contributed by atoms with Crippen LogP contribution in [-0.2, 0) is 9.59 Å². The van der Waals surface area contributed by atoms with Gasteiger partial charge in [0.05, 0.1) is 6.10 Å². The third-order valence-corrected chi connectivity index (χ3v) is 5.36. The minimum absolute atomic E-state index is 0.0255. The van der Waals surface area contributed by atoms with Crippen LogP contribution in [0, 0.1) is 5.41 Å². The van der Waals surface area contributed by atoms with Crippen molar-refractivity contribution in [1.29, 1.82) is 5.41 Å². The number of unbranched alkanes of at least 4 members (excludes halogenated alkanes) is 8. The molecule has 0 radical (unpaired) electrons. The summed E-state index contributed by atoms with van der Waals surface area (Å²) in [7, 11) is 0. The van der Waals surface area contributed by atoms with Crippen molar-refractivity contribution < 1.29 is 14.7 Å². The Bertz CT molecular complexity index is 518. The van der Waals surface area contributed by atoms with E-state index in [4.69, 9.17) is 16.9 Å². The predicted molar refractivity (Wildman–Crippen MR) is 134 cm³/mol. The number of nitrogens with two attached hydrogens (primary N) is 2. The van der Waals surface area contributed by atoms with E-state index in [9.17, 15) is 14.7 Å². The number of aliphatic hydroxyl groups excluding tert-OH is 1. The summed E-state index contributed by atoms with van der Waals surface area (Å²) < 4.78 is 0. The molecule has 1 unspecified atom stereocenters. The molecule has 0 aliphatic carbocycles. The summed E-state index contributed by atoms with van der Waals surface area (Å²) in [5, 5.41) is 28.6.